The molecule has 0 unspecified atom stereocenters. The number of amides is 3. The number of pyridine rings is 1. The number of carbonyl (C=O) groups is 2. The zero-order valence-corrected chi connectivity index (χ0v) is 18.3. The van der Waals surface area contributed by atoms with E-state index in [1.54, 1.807) is 28.1 Å². The summed E-state index contributed by atoms with van der Waals surface area (Å²) in [4.78, 5) is 33.0. The molecule has 0 saturated carbocycles. The SMILES string of the molecule is Cc1ccc(Oc2ccc(NC(=O)N3CCCN(C(=O)c4ccc(F)cc4)CC3)cn2)cc1. The molecule has 1 aliphatic rings. The van der Waals surface area contributed by atoms with Gasteiger partial charge in [-0.3, -0.25) is 4.79 Å². The van der Waals surface area contributed by atoms with Crippen molar-refractivity contribution >= 4 is 17.6 Å². The van der Waals surface area contributed by atoms with E-state index in [1.807, 2.05) is 31.2 Å². The van der Waals surface area contributed by atoms with Crippen molar-refractivity contribution in [1.82, 2.24) is 14.8 Å². The number of hydrogen-bond acceptors (Lipinski definition) is 4. The van der Waals surface area contributed by atoms with E-state index in [0.29, 0.717) is 55.5 Å². The average molecular weight is 448 g/mol. The Morgan fingerprint density at radius 1 is 0.909 bits per heavy atom. The normalized spacial score (nSPS) is 13.9. The number of nitrogens with zero attached hydrogens (tertiary/aromatic N) is 3. The highest BCUT2D eigenvalue weighted by Gasteiger charge is 2.23. The van der Waals surface area contributed by atoms with Crippen LogP contribution in [0, 0.1) is 12.7 Å². The quantitative estimate of drug-likeness (QED) is 0.628. The predicted octanol–water partition coefficient (Wildman–Crippen LogP) is 4.70. The van der Waals surface area contributed by atoms with Gasteiger partial charge in [-0.2, -0.15) is 0 Å². The standard InChI is InChI=1S/C25H25FN4O3/c1-18-3-10-22(11-4-18)33-23-12-9-21(17-27-23)28-25(32)30-14-2-13-29(15-16-30)24(31)19-5-7-20(26)8-6-19/h3-12,17H,2,13-16H2,1H3,(H,28,32). The van der Waals surface area contributed by atoms with Crippen molar-refractivity contribution in [1.29, 1.82) is 0 Å². The van der Waals surface area contributed by atoms with Gasteiger partial charge in [-0.05, 0) is 55.8 Å². The maximum atomic E-state index is 13.1. The molecular weight excluding hydrogens is 423 g/mol. The molecule has 1 N–H and O–H groups in total. The van der Waals surface area contributed by atoms with E-state index in [4.69, 9.17) is 4.74 Å². The third-order valence-electron chi connectivity index (χ3n) is 5.39. The monoisotopic (exact) mass is 448 g/mol. The van der Waals surface area contributed by atoms with Crippen LogP contribution in [0.4, 0.5) is 14.9 Å². The van der Waals surface area contributed by atoms with Crippen LogP contribution < -0.4 is 10.1 Å². The summed E-state index contributed by atoms with van der Waals surface area (Å²) in [6.45, 7) is 3.88. The minimum atomic E-state index is -0.380. The summed E-state index contributed by atoms with van der Waals surface area (Å²) < 4.78 is 18.8. The van der Waals surface area contributed by atoms with Crippen molar-refractivity contribution in [3.63, 3.8) is 0 Å². The van der Waals surface area contributed by atoms with Crippen molar-refractivity contribution in [2.24, 2.45) is 0 Å². The number of aryl methyl sites for hydroxylation is 1. The molecule has 170 valence electrons. The molecule has 1 fully saturated rings. The van der Waals surface area contributed by atoms with E-state index >= 15 is 0 Å². The lowest BCUT2D eigenvalue weighted by molar-refractivity contribution is 0.0762. The summed E-state index contributed by atoms with van der Waals surface area (Å²) in [7, 11) is 0. The molecule has 3 aromatic rings. The van der Waals surface area contributed by atoms with Crippen molar-refractivity contribution in [3.8, 4) is 11.6 Å². The van der Waals surface area contributed by atoms with Crippen LogP contribution in [0.3, 0.4) is 0 Å². The minimum absolute atomic E-state index is 0.161. The van der Waals surface area contributed by atoms with Gasteiger partial charge >= 0.3 is 6.03 Å². The first-order valence-corrected chi connectivity index (χ1v) is 10.8. The first-order valence-electron chi connectivity index (χ1n) is 10.8. The molecule has 1 saturated heterocycles. The number of ether oxygens (including phenoxy) is 1. The second-order valence-corrected chi connectivity index (χ2v) is 7.87. The van der Waals surface area contributed by atoms with Gasteiger partial charge in [-0.1, -0.05) is 17.7 Å². The van der Waals surface area contributed by atoms with Crippen molar-refractivity contribution in [2.75, 3.05) is 31.5 Å². The van der Waals surface area contributed by atoms with E-state index in [2.05, 4.69) is 10.3 Å². The van der Waals surface area contributed by atoms with Crippen molar-refractivity contribution in [2.45, 2.75) is 13.3 Å². The summed E-state index contributed by atoms with van der Waals surface area (Å²) in [5, 5.41) is 2.84. The molecule has 0 spiro atoms. The molecule has 3 amide bonds. The highest BCUT2D eigenvalue weighted by molar-refractivity contribution is 5.94. The lowest BCUT2D eigenvalue weighted by Gasteiger charge is -2.22. The topological polar surface area (TPSA) is 74.8 Å². The van der Waals surface area contributed by atoms with Gasteiger partial charge in [0.1, 0.15) is 11.6 Å². The largest absolute Gasteiger partial charge is 0.439 e. The minimum Gasteiger partial charge on any atom is -0.439 e. The number of anilines is 1. The van der Waals surface area contributed by atoms with Gasteiger partial charge in [-0.25, -0.2) is 14.2 Å². The van der Waals surface area contributed by atoms with E-state index in [9.17, 15) is 14.0 Å². The van der Waals surface area contributed by atoms with E-state index in [1.165, 1.54) is 24.3 Å². The van der Waals surface area contributed by atoms with Crippen LogP contribution in [-0.4, -0.2) is 52.9 Å². The Hall–Kier alpha value is -3.94. The van der Waals surface area contributed by atoms with Crippen LogP contribution in [0.1, 0.15) is 22.3 Å². The fourth-order valence-electron chi connectivity index (χ4n) is 3.54. The number of aromatic nitrogens is 1. The summed E-state index contributed by atoms with van der Waals surface area (Å²) in [5.74, 6) is 0.580. The van der Waals surface area contributed by atoms with Crippen LogP contribution in [0.15, 0.2) is 66.9 Å². The molecule has 1 aromatic heterocycles. The van der Waals surface area contributed by atoms with Crippen LogP contribution in [0.2, 0.25) is 0 Å². The number of halogens is 1. The van der Waals surface area contributed by atoms with E-state index in [0.717, 1.165) is 5.56 Å². The van der Waals surface area contributed by atoms with Gasteiger partial charge in [0.25, 0.3) is 5.91 Å². The number of benzene rings is 2. The average Bonchev–Trinajstić information content (AvgIpc) is 3.08. The third kappa shape index (κ3) is 5.85. The smallest absolute Gasteiger partial charge is 0.321 e. The Labute approximate surface area is 191 Å². The second kappa shape index (κ2) is 10.1. The molecule has 1 aliphatic heterocycles. The van der Waals surface area contributed by atoms with Gasteiger partial charge in [0, 0.05) is 37.8 Å². The molecule has 8 heteroatoms. The molecule has 0 bridgehead atoms. The van der Waals surface area contributed by atoms with E-state index < -0.39 is 0 Å². The maximum absolute atomic E-state index is 13.1. The first-order chi connectivity index (χ1) is 16.0. The van der Waals surface area contributed by atoms with Crippen LogP contribution in [-0.2, 0) is 0 Å². The number of hydrogen-bond donors (Lipinski definition) is 1. The number of carbonyl (C=O) groups excluding carboxylic acids is 2. The summed E-state index contributed by atoms with van der Waals surface area (Å²) in [5.41, 5.74) is 2.14. The Morgan fingerprint density at radius 3 is 2.30 bits per heavy atom. The lowest BCUT2D eigenvalue weighted by atomic mass is 10.2. The lowest BCUT2D eigenvalue weighted by Crippen LogP contribution is -2.39. The number of rotatable bonds is 4. The molecule has 0 atom stereocenters. The van der Waals surface area contributed by atoms with Gasteiger partial charge in [0.05, 0.1) is 11.9 Å². The Balaban J connectivity index is 1.30. The van der Waals surface area contributed by atoms with E-state index in [-0.39, 0.29) is 17.8 Å². The molecule has 0 radical (unpaired) electrons. The summed E-state index contributed by atoms with van der Waals surface area (Å²) >= 11 is 0. The second-order valence-electron chi connectivity index (χ2n) is 7.87. The highest BCUT2D eigenvalue weighted by Crippen LogP contribution is 2.21. The van der Waals surface area contributed by atoms with Gasteiger partial charge in [0.2, 0.25) is 5.88 Å². The zero-order valence-electron chi connectivity index (χ0n) is 18.3. The Bertz CT molecular complexity index is 1100. The summed E-state index contributed by atoms with van der Waals surface area (Å²) in [6.07, 6.45) is 2.20. The third-order valence-corrected chi connectivity index (χ3v) is 5.39. The molecular formula is C25H25FN4O3. The van der Waals surface area contributed by atoms with Crippen molar-refractivity contribution in [3.05, 3.63) is 83.8 Å². The molecule has 7 nitrogen and oxygen atoms in total. The Kier molecular flexibility index (Phi) is 6.83. The first kappa shape index (κ1) is 22.3. The molecule has 2 heterocycles. The Morgan fingerprint density at radius 2 is 1.61 bits per heavy atom. The zero-order chi connectivity index (χ0) is 23.2. The van der Waals surface area contributed by atoms with Gasteiger partial charge < -0.3 is 19.9 Å². The van der Waals surface area contributed by atoms with Gasteiger partial charge in [0.15, 0.2) is 0 Å². The molecule has 0 aliphatic carbocycles. The fraction of sp³-hybridized carbons (Fsp3) is 0.240. The number of nitrogens with one attached hydrogen (secondary N) is 1. The molecule has 33 heavy (non-hydrogen) atoms. The highest BCUT2D eigenvalue weighted by atomic mass is 19.1. The van der Waals surface area contributed by atoms with Crippen LogP contribution in [0.25, 0.3) is 0 Å². The van der Waals surface area contributed by atoms with Crippen molar-refractivity contribution < 1.29 is 18.7 Å². The number of urea groups is 1. The summed E-state index contributed by atoms with van der Waals surface area (Å²) in [6, 6.07) is 16.3. The van der Waals surface area contributed by atoms with Gasteiger partial charge in [-0.15, -0.1) is 0 Å². The maximum Gasteiger partial charge on any atom is 0.321 e. The predicted molar refractivity (Wildman–Crippen MR) is 123 cm³/mol. The molecule has 4 rings (SSSR count). The fourth-order valence-corrected chi connectivity index (χ4v) is 3.54. The molecule has 2 aromatic carbocycles. The van der Waals surface area contributed by atoms with Crippen LogP contribution >= 0.6 is 0 Å². The van der Waals surface area contributed by atoms with Crippen LogP contribution in [0.5, 0.6) is 11.6 Å².